The molecule has 1 aliphatic rings. The molecule has 2 unspecified atom stereocenters. The summed E-state index contributed by atoms with van der Waals surface area (Å²) in [7, 11) is -3.47. The molecule has 9 nitrogen and oxygen atoms in total. The van der Waals surface area contributed by atoms with Gasteiger partial charge in [-0.2, -0.15) is 0 Å². The van der Waals surface area contributed by atoms with Crippen LogP contribution in [0.4, 0.5) is 11.4 Å². The Morgan fingerprint density at radius 2 is 1.91 bits per heavy atom. The smallest absolute Gasteiger partial charge is 0.330 e. The van der Waals surface area contributed by atoms with E-state index in [2.05, 4.69) is 47.0 Å². The second-order valence-electron chi connectivity index (χ2n) is 9.76. The summed E-state index contributed by atoms with van der Waals surface area (Å²) in [5.74, 6) is 0.736. The zero-order chi connectivity index (χ0) is 25.7. The molecule has 35 heavy (non-hydrogen) atoms. The van der Waals surface area contributed by atoms with Crippen molar-refractivity contribution in [2.75, 3.05) is 11.0 Å². The Kier molecular flexibility index (Phi) is 6.32. The fraction of sp³-hybridized carbons (Fsp3) is 0.440. The number of fused-ring (bicyclic) bond motifs is 1. The van der Waals surface area contributed by atoms with Crippen LogP contribution in [0, 0.1) is 31.2 Å². The van der Waals surface area contributed by atoms with E-state index in [1.807, 2.05) is 0 Å². The topological polar surface area (TPSA) is 107 Å². The van der Waals surface area contributed by atoms with E-state index in [-0.39, 0.29) is 46.0 Å². The molecule has 10 heteroatoms. The van der Waals surface area contributed by atoms with E-state index in [0.717, 1.165) is 24.7 Å². The van der Waals surface area contributed by atoms with Gasteiger partial charge in [-0.25, -0.2) is 27.6 Å². The molecule has 0 radical (unpaired) electrons. The molecule has 1 fully saturated rings. The molecular weight excluding hydrogens is 466 g/mol. The quantitative estimate of drug-likeness (QED) is 0.424. The number of carbonyl (C=O) groups excluding carboxylic acids is 1. The van der Waals surface area contributed by atoms with Crippen LogP contribution in [0.2, 0.25) is 0 Å². The second kappa shape index (κ2) is 8.96. The van der Waals surface area contributed by atoms with Crippen LogP contribution in [-0.4, -0.2) is 41.3 Å². The number of carbonyl (C=O) groups is 1. The Balaban J connectivity index is 1.70. The van der Waals surface area contributed by atoms with Crippen molar-refractivity contribution in [3.05, 3.63) is 46.1 Å². The highest BCUT2D eigenvalue weighted by Gasteiger charge is 2.35. The van der Waals surface area contributed by atoms with Gasteiger partial charge in [0.1, 0.15) is 6.10 Å². The Labute approximate surface area is 205 Å². The zero-order valence-corrected chi connectivity index (χ0v) is 21.3. The first kappa shape index (κ1) is 24.7. The van der Waals surface area contributed by atoms with Gasteiger partial charge in [0.2, 0.25) is 15.7 Å². The van der Waals surface area contributed by atoms with Gasteiger partial charge in [-0.3, -0.25) is 4.72 Å². The van der Waals surface area contributed by atoms with Crippen molar-refractivity contribution in [3.63, 3.8) is 0 Å². The zero-order valence-electron chi connectivity index (χ0n) is 20.5. The molecule has 1 N–H and O–H groups in total. The van der Waals surface area contributed by atoms with Gasteiger partial charge < -0.3 is 4.74 Å². The monoisotopic (exact) mass is 495 g/mol. The number of sulfonamides is 1. The third-order valence-electron chi connectivity index (χ3n) is 6.62. The van der Waals surface area contributed by atoms with Crippen molar-refractivity contribution in [3.8, 4) is 11.4 Å². The molecule has 184 valence electrons. The minimum atomic E-state index is -3.47. The molecule has 1 aromatic carbocycles. The third kappa shape index (κ3) is 4.73. The highest BCUT2D eigenvalue weighted by atomic mass is 32.2. The summed E-state index contributed by atoms with van der Waals surface area (Å²) in [6.07, 6.45) is 2.82. The van der Waals surface area contributed by atoms with Crippen molar-refractivity contribution < 1.29 is 17.9 Å². The van der Waals surface area contributed by atoms with E-state index in [0.29, 0.717) is 17.2 Å². The van der Waals surface area contributed by atoms with Crippen LogP contribution in [0.3, 0.4) is 0 Å². The highest BCUT2D eigenvalue weighted by Crippen LogP contribution is 2.36. The number of benzene rings is 1. The molecule has 0 aliphatic heterocycles. The van der Waals surface area contributed by atoms with Gasteiger partial charge in [0, 0.05) is 5.56 Å². The number of anilines is 1. The standard InChI is InChI=1S/C25H29N5O4S/c1-13-10-15(3)22(16(4)11-13)34-25(31)20-17(5)30-24(21(20)26-6)27-23(28-30)18-9-8-14(2)19(12-18)29-35(7,32)33/h8-9,12-13,15-16,22,29H,5,10-11H2,1-4,7H3. The first-order valence-electron chi connectivity index (χ1n) is 11.5. The molecule has 0 bridgehead atoms. The lowest BCUT2D eigenvalue weighted by Crippen LogP contribution is -2.38. The predicted octanol–water partition coefficient (Wildman–Crippen LogP) is 3.98. The average molecular weight is 496 g/mol. The lowest BCUT2D eigenvalue weighted by atomic mass is 9.75. The van der Waals surface area contributed by atoms with Crippen LogP contribution < -0.4 is 10.1 Å². The summed E-state index contributed by atoms with van der Waals surface area (Å²) in [5.41, 5.74) is 2.05. The lowest BCUT2D eigenvalue weighted by molar-refractivity contribution is -0.0252. The van der Waals surface area contributed by atoms with Gasteiger partial charge in [-0.05, 0) is 49.1 Å². The van der Waals surface area contributed by atoms with Gasteiger partial charge >= 0.3 is 5.97 Å². The van der Waals surface area contributed by atoms with Gasteiger partial charge in [0.05, 0.1) is 29.4 Å². The van der Waals surface area contributed by atoms with E-state index < -0.39 is 16.0 Å². The van der Waals surface area contributed by atoms with Crippen molar-refractivity contribution in [2.45, 2.75) is 46.6 Å². The lowest BCUT2D eigenvalue weighted by Gasteiger charge is -2.37. The third-order valence-corrected chi connectivity index (χ3v) is 7.21. The number of ether oxygens (including phenoxy) is 1. The highest BCUT2D eigenvalue weighted by molar-refractivity contribution is 7.92. The minimum absolute atomic E-state index is 0.0461. The van der Waals surface area contributed by atoms with Crippen LogP contribution in [-0.2, 0) is 14.8 Å². The van der Waals surface area contributed by atoms with Crippen LogP contribution in [0.5, 0.6) is 0 Å². The van der Waals surface area contributed by atoms with Crippen molar-refractivity contribution in [2.24, 2.45) is 17.8 Å². The van der Waals surface area contributed by atoms with E-state index in [1.54, 1.807) is 25.1 Å². The second-order valence-corrected chi connectivity index (χ2v) is 11.5. The maximum absolute atomic E-state index is 13.2. The Morgan fingerprint density at radius 1 is 1.26 bits per heavy atom. The van der Waals surface area contributed by atoms with Crippen molar-refractivity contribution in [1.82, 2.24) is 14.6 Å². The molecular formula is C25H29N5O4S. The van der Waals surface area contributed by atoms with Crippen LogP contribution in [0.25, 0.3) is 28.5 Å². The number of hydrogen-bond acceptors (Lipinski definition) is 6. The molecule has 2 heterocycles. The van der Waals surface area contributed by atoms with Gasteiger partial charge in [-0.15, -0.1) is 5.10 Å². The SMILES string of the molecule is [C-]#[N+]c1c(C(=O)OC2C(C)CC(C)CC2C)c(=C)n2nc(-c3ccc(C)c(NS(C)(=O)=O)c3)nc12. The Bertz CT molecular complexity index is 1490. The first-order chi connectivity index (χ1) is 16.4. The van der Waals surface area contributed by atoms with E-state index >= 15 is 0 Å². The number of esters is 1. The number of aryl methyl sites for hydroxylation is 1. The largest absolute Gasteiger partial charge is 0.459 e. The normalized spacial score (nSPS) is 22.6. The van der Waals surface area contributed by atoms with Gasteiger partial charge in [0.15, 0.2) is 11.5 Å². The molecule has 0 amide bonds. The number of nitrogens with one attached hydrogen (secondary N) is 1. The summed E-state index contributed by atoms with van der Waals surface area (Å²) in [4.78, 5) is 21.2. The van der Waals surface area contributed by atoms with E-state index in [4.69, 9.17) is 11.3 Å². The van der Waals surface area contributed by atoms with Crippen molar-refractivity contribution >= 4 is 39.6 Å². The molecule has 1 aliphatic carbocycles. The molecule has 0 spiro atoms. The summed E-state index contributed by atoms with van der Waals surface area (Å²) >= 11 is 0. The fourth-order valence-corrected chi connectivity index (χ4v) is 5.75. The number of nitrogens with zero attached hydrogens (tertiary/aromatic N) is 4. The number of aromatic nitrogens is 3. The number of hydrogen-bond donors (Lipinski definition) is 1. The van der Waals surface area contributed by atoms with Crippen LogP contribution >= 0.6 is 0 Å². The summed E-state index contributed by atoms with van der Waals surface area (Å²) in [5, 5.41) is 4.70. The fourth-order valence-electron chi connectivity index (χ4n) is 5.13. The number of rotatable bonds is 5. The van der Waals surface area contributed by atoms with Gasteiger partial charge in [-0.1, -0.05) is 39.5 Å². The van der Waals surface area contributed by atoms with Gasteiger partial charge in [0.25, 0.3) is 0 Å². The molecule has 3 aromatic rings. The maximum atomic E-state index is 13.2. The molecule has 1 saturated carbocycles. The molecule has 2 atom stereocenters. The summed E-state index contributed by atoms with van der Waals surface area (Å²) in [6.45, 7) is 19.9. The summed E-state index contributed by atoms with van der Waals surface area (Å²) in [6, 6.07) is 5.15. The summed E-state index contributed by atoms with van der Waals surface area (Å²) < 4.78 is 33.2. The molecule has 0 saturated heterocycles. The molecule has 2 aromatic heterocycles. The van der Waals surface area contributed by atoms with Crippen LogP contribution in [0.15, 0.2) is 18.2 Å². The van der Waals surface area contributed by atoms with E-state index in [9.17, 15) is 13.2 Å². The average Bonchev–Trinajstić information content (AvgIpc) is 3.29. The van der Waals surface area contributed by atoms with Crippen LogP contribution in [0.1, 0.15) is 49.5 Å². The first-order valence-corrected chi connectivity index (χ1v) is 13.4. The minimum Gasteiger partial charge on any atom is -0.459 e. The molecule has 4 rings (SSSR count). The Morgan fingerprint density at radius 3 is 2.51 bits per heavy atom. The van der Waals surface area contributed by atoms with E-state index in [1.165, 1.54) is 4.52 Å². The maximum Gasteiger partial charge on any atom is 0.330 e. The Hall–Kier alpha value is -3.45. The predicted molar refractivity (Wildman–Crippen MR) is 135 cm³/mol. The van der Waals surface area contributed by atoms with Crippen molar-refractivity contribution in [1.29, 1.82) is 0 Å².